The van der Waals surface area contributed by atoms with E-state index < -0.39 is 15.8 Å². The van der Waals surface area contributed by atoms with Gasteiger partial charge in [0.25, 0.3) is 5.91 Å². The standard InChI is InChI=1S/C29H31N3O6S2/c1-3-38-29(35)24-17-39-27(30-24)26-9-6-16-31(26)28(34)23-7-4-5-8-25(23)32(19(2)33)21-12-14-22(15-13-21)40(36,37)18-20-10-11-20/h4-5,7-8,12-15,17,20,26H,3,6,9-11,16,18H2,1-2H3. The molecule has 11 heteroatoms. The van der Waals surface area contributed by atoms with Crippen molar-refractivity contribution in [2.24, 2.45) is 5.92 Å². The second-order valence-corrected chi connectivity index (χ2v) is 13.0. The van der Waals surface area contributed by atoms with Gasteiger partial charge in [0.1, 0.15) is 5.01 Å². The molecule has 2 heterocycles. The lowest BCUT2D eigenvalue weighted by Gasteiger charge is -2.28. The van der Waals surface area contributed by atoms with E-state index in [0.29, 0.717) is 34.9 Å². The molecule has 0 N–H and O–H groups in total. The van der Waals surface area contributed by atoms with Crippen molar-refractivity contribution in [2.75, 3.05) is 23.8 Å². The van der Waals surface area contributed by atoms with Crippen LogP contribution < -0.4 is 4.90 Å². The van der Waals surface area contributed by atoms with Crippen LogP contribution in [0.25, 0.3) is 0 Å². The molecule has 2 amide bonds. The van der Waals surface area contributed by atoms with Crippen molar-refractivity contribution in [3.63, 3.8) is 0 Å². The Hall–Kier alpha value is -3.57. The van der Waals surface area contributed by atoms with E-state index in [4.69, 9.17) is 4.74 Å². The van der Waals surface area contributed by atoms with Crippen molar-refractivity contribution in [1.82, 2.24) is 9.88 Å². The SMILES string of the molecule is CCOC(=O)c1csc(C2CCCN2C(=O)c2ccccc2N(C(C)=O)c2ccc(S(=O)(=O)CC3CC3)cc2)n1. The van der Waals surface area contributed by atoms with Crippen molar-refractivity contribution in [3.05, 3.63) is 70.2 Å². The molecule has 2 fully saturated rings. The van der Waals surface area contributed by atoms with Crippen LogP contribution in [0.3, 0.4) is 0 Å². The van der Waals surface area contributed by atoms with E-state index in [1.54, 1.807) is 53.6 Å². The number of carbonyl (C=O) groups is 3. The molecule has 0 bridgehead atoms. The first-order chi connectivity index (χ1) is 19.2. The lowest BCUT2D eigenvalue weighted by Crippen LogP contribution is -2.33. The molecule has 0 spiro atoms. The van der Waals surface area contributed by atoms with Crippen molar-refractivity contribution < 1.29 is 27.5 Å². The number of thiazole rings is 1. The normalized spacial score (nSPS) is 17.1. The summed E-state index contributed by atoms with van der Waals surface area (Å²) in [5, 5.41) is 2.31. The highest BCUT2D eigenvalue weighted by atomic mass is 32.2. The first kappa shape index (κ1) is 28.0. The Morgan fingerprint density at radius 2 is 1.80 bits per heavy atom. The molecule has 40 heavy (non-hydrogen) atoms. The third-order valence-corrected chi connectivity index (χ3v) is 9.95. The van der Waals surface area contributed by atoms with Crippen LogP contribution in [0.1, 0.15) is 71.4 Å². The van der Waals surface area contributed by atoms with Gasteiger partial charge in [-0.2, -0.15) is 0 Å². The van der Waals surface area contributed by atoms with Gasteiger partial charge in [-0.15, -0.1) is 11.3 Å². The van der Waals surface area contributed by atoms with Gasteiger partial charge in [-0.05, 0) is 74.9 Å². The van der Waals surface area contributed by atoms with Crippen LogP contribution in [0.5, 0.6) is 0 Å². The van der Waals surface area contributed by atoms with Crippen LogP contribution in [-0.2, 0) is 19.4 Å². The minimum atomic E-state index is -3.39. The van der Waals surface area contributed by atoms with Crippen LogP contribution in [-0.4, -0.2) is 55.0 Å². The van der Waals surface area contributed by atoms with E-state index >= 15 is 0 Å². The number of amides is 2. The number of carbonyl (C=O) groups excluding carboxylic acids is 3. The Morgan fingerprint density at radius 1 is 1.07 bits per heavy atom. The highest BCUT2D eigenvalue weighted by molar-refractivity contribution is 7.91. The zero-order chi connectivity index (χ0) is 28.4. The maximum Gasteiger partial charge on any atom is 0.357 e. The number of nitrogens with zero attached hydrogens (tertiary/aromatic N) is 3. The molecule has 1 saturated heterocycles. The molecule has 2 aliphatic rings. The molecule has 5 rings (SSSR count). The largest absolute Gasteiger partial charge is 0.461 e. The van der Waals surface area contributed by atoms with Gasteiger partial charge in [-0.1, -0.05) is 12.1 Å². The van der Waals surface area contributed by atoms with E-state index in [2.05, 4.69) is 4.98 Å². The van der Waals surface area contributed by atoms with Gasteiger partial charge in [0.15, 0.2) is 15.5 Å². The fourth-order valence-electron chi connectivity index (χ4n) is 4.99. The molecule has 1 aliphatic carbocycles. The van der Waals surface area contributed by atoms with E-state index in [1.165, 1.54) is 35.3 Å². The summed E-state index contributed by atoms with van der Waals surface area (Å²) in [5.41, 5.74) is 1.45. The van der Waals surface area contributed by atoms with Gasteiger partial charge in [0, 0.05) is 24.5 Å². The van der Waals surface area contributed by atoms with Crippen molar-refractivity contribution in [2.45, 2.75) is 50.5 Å². The topological polar surface area (TPSA) is 114 Å². The lowest BCUT2D eigenvalue weighted by molar-refractivity contribution is -0.115. The molecule has 9 nitrogen and oxygen atoms in total. The summed E-state index contributed by atoms with van der Waals surface area (Å²) < 4.78 is 30.5. The molecular weight excluding hydrogens is 550 g/mol. The number of rotatable bonds is 9. The van der Waals surface area contributed by atoms with Crippen LogP contribution in [0.2, 0.25) is 0 Å². The quantitative estimate of drug-likeness (QED) is 0.321. The van der Waals surface area contributed by atoms with E-state index in [-0.39, 0.29) is 46.7 Å². The maximum atomic E-state index is 13.9. The number of benzene rings is 2. The number of anilines is 2. The Morgan fingerprint density at radius 3 is 2.48 bits per heavy atom. The van der Waals surface area contributed by atoms with Gasteiger partial charge in [-0.25, -0.2) is 18.2 Å². The average Bonchev–Trinajstić information content (AvgIpc) is 3.38. The molecule has 1 saturated carbocycles. The fourth-order valence-corrected chi connectivity index (χ4v) is 7.63. The summed E-state index contributed by atoms with van der Waals surface area (Å²) >= 11 is 1.32. The van der Waals surface area contributed by atoms with Gasteiger partial charge in [0.05, 0.1) is 34.5 Å². The number of esters is 1. The number of hydrogen-bond donors (Lipinski definition) is 0. The molecule has 1 atom stereocenters. The number of aromatic nitrogens is 1. The predicted molar refractivity (Wildman–Crippen MR) is 152 cm³/mol. The Labute approximate surface area is 237 Å². The number of likely N-dealkylation sites (tertiary alicyclic amines) is 1. The number of ether oxygens (including phenoxy) is 1. The Bertz CT molecular complexity index is 1530. The van der Waals surface area contributed by atoms with Crippen LogP contribution in [0.4, 0.5) is 11.4 Å². The first-order valence-electron chi connectivity index (χ1n) is 13.4. The number of para-hydroxylation sites is 1. The van der Waals surface area contributed by atoms with Gasteiger partial charge < -0.3 is 9.64 Å². The summed E-state index contributed by atoms with van der Waals surface area (Å²) in [6, 6.07) is 12.8. The van der Waals surface area contributed by atoms with Crippen LogP contribution in [0, 0.1) is 5.92 Å². The van der Waals surface area contributed by atoms with Gasteiger partial charge >= 0.3 is 5.97 Å². The van der Waals surface area contributed by atoms with Crippen molar-refractivity contribution >= 4 is 50.3 Å². The first-order valence-corrected chi connectivity index (χ1v) is 15.9. The number of sulfone groups is 1. The summed E-state index contributed by atoms with van der Waals surface area (Å²) in [5.74, 6) is -0.689. The van der Waals surface area contributed by atoms with Crippen molar-refractivity contribution in [1.29, 1.82) is 0 Å². The highest BCUT2D eigenvalue weighted by Crippen LogP contribution is 2.38. The minimum absolute atomic E-state index is 0.136. The zero-order valence-corrected chi connectivity index (χ0v) is 24.0. The number of hydrogen-bond acceptors (Lipinski definition) is 8. The summed E-state index contributed by atoms with van der Waals surface area (Å²) in [4.78, 5) is 46.8. The Kier molecular flexibility index (Phi) is 8.04. The average molecular weight is 582 g/mol. The van der Waals surface area contributed by atoms with Crippen LogP contribution >= 0.6 is 11.3 Å². The summed E-state index contributed by atoms with van der Waals surface area (Å²) in [6.07, 6.45) is 3.36. The third-order valence-electron chi connectivity index (χ3n) is 7.10. The molecule has 210 valence electrons. The molecular formula is C29H31N3O6S2. The minimum Gasteiger partial charge on any atom is -0.461 e. The van der Waals surface area contributed by atoms with E-state index in [1.807, 2.05) is 0 Å². The van der Waals surface area contributed by atoms with Crippen molar-refractivity contribution in [3.8, 4) is 0 Å². The smallest absolute Gasteiger partial charge is 0.357 e. The highest BCUT2D eigenvalue weighted by Gasteiger charge is 2.35. The Balaban J connectivity index is 1.43. The second kappa shape index (κ2) is 11.5. The molecule has 3 aromatic rings. The van der Waals surface area contributed by atoms with Crippen LogP contribution in [0.15, 0.2) is 58.8 Å². The van der Waals surface area contributed by atoms with E-state index in [0.717, 1.165) is 19.3 Å². The molecule has 2 aromatic carbocycles. The summed E-state index contributed by atoms with van der Waals surface area (Å²) in [6.45, 7) is 3.90. The van der Waals surface area contributed by atoms with E-state index in [9.17, 15) is 22.8 Å². The fraction of sp³-hybridized carbons (Fsp3) is 0.379. The third kappa shape index (κ3) is 5.80. The molecule has 0 radical (unpaired) electrons. The second-order valence-electron chi connectivity index (χ2n) is 10.0. The maximum absolute atomic E-state index is 13.9. The van der Waals surface area contributed by atoms with Gasteiger partial charge in [-0.3, -0.25) is 14.5 Å². The molecule has 1 aromatic heterocycles. The molecule has 1 aliphatic heterocycles. The monoisotopic (exact) mass is 581 g/mol. The summed E-state index contributed by atoms with van der Waals surface area (Å²) in [7, 11) is -3.39. The predicted octanol–water partition coefficient (Wildman–Crippen LogP) is 5.17. The molecule has 1 unspecified atom stereocenters. The van der Waals surface area contributed by atoms with Gasteiger partial charge in [0.2, 0.25) is 5.91 Å². The lowest BCUT2D eigenvalue weighted by atomic mass is 10.1. The zero-order valence-electron chi connectivity index (χ0n) is 22.4.